The van der Waals surface area contributed by atoms with E-state index in [0.29, 0.717) is 23.4 Å². The van der Waals surface area contributed by atoms with Crippen LogP contribution in [-0.4, -0.2) is 17.7 Å². The van der Waals surface area contributed by atoms with Crippen LogP contribution in [0.2, 0.25) is 0 Å². The van der Waals surface area contributed by atoms with E-state index in [1.165, 1.54) is 18.9 Å². The maximum Gasteiger partial charge on any atom is 0.129 e. The van der Waals surface area contributed by atoms with E-state index in [1.54, 1.807) is 13.8 Å². The van der Waals surface area contributed by atoms with Crippen molar-refractivity contribution in [2.75, 3.05) is 0 Å². The average Bonchev–Trinajstić information content (AvgIpc) is 2.93. The Hall–Kier alpha value is -1.84. The van der Waals surface area contributed by atoms with E-state index in [4.69, 9.17) is 10.5 Å². The van der Waals surface area contributed by atoms with Gasteiger partial charge in [-0.1, -0.05) is 39.8 Å². The minimum atomic E-state index is 0.318. The summed E-state index contributed by atoms with van der Waals surface area (Å²) < 4.78 is 5.37. The van der Waals surface area contributed by atoms with Crippen molar-refractivity contribution in [1.82, 2.24) is 0 Å². The van der Waals surface area contributed by atoms with Gasteiger partial charge in [0.05, 0.1) is 11.9 Å². The lowest BCUT2D eigenvalue weighted by molar-refractivity contribution is -0.117. The van der Waals surface area contributed by atoms with Crippen LogP contribution in [0.15, 0.2) is 41.8 Å². The number of nitrogens with zero attached hydrogens (tertiary/aromatic N) is 1. The predicted molar refractivity (Wildman–Crippen MR) is 105 cm³/mol. The Balaban J connectivity index is 0. The minimum absolute atomic E-state index is 0.318. The predicted octanol–water partition coefficient (Wildman–Crippen LogP) is 5.31. The highest BCUT2D eigenvalue weighted by atomic mass is 16.5. The summed E-state index contributed by atoms with van der Waals surface area (Å²) in [4.78, 5) is 14.1. The molecule has 0 radical (unpaired) electrons. The third-order valence-electron chi connectivity index (χ3n) is 3.04. The van der Waals surface area contributed by atoms with E-state index in [1.807, 2.05) is 0 Å². The zero-order chi connectivity index (χ0) is 19.0. The summed E-state index contributed by atoms with van der Waals surface area (Å²) in [5, 5.41) is 0. The van der Waals surface area contributed by atoms with Crippen LogP contribution < -0.4 is 5.73 Å². The molecule has 0 aromatic heterocycles. The number of hydrogen-bond acceptors (Lipinski definition) is 3. The number of carbonyl (C=O) groups is 1. The maximum atomic E-state index is 10.3. The molecule has 0 aromatic carbocycles. The Bertz CT molecular complexity index is 437. The monoisotopic (exact) mass is 336 g/mol. The number of amidine groups is 1. The fourth-order valence-electron chi connectivity index (χ4n) is 1.77. The van der Waals surface area contributed by atoms with Crippen molar-refractivity contribution in [1.29, 1.82) is 0 Å². The molecule has 1 atom stereocenters. The third kappa shape index (κ3) is 18.2. The molecule has 1 aliphatic rings. The topological polar surface area (TPSA) is 64.7 Å². The molecular weight excluding hydrogens is 300 g/mol. The summed E-state index contributed by atoms with van der Waals surface area (Å²) in [5.74, 6) is 1.90. The molecule has 0 saturated heterocycles. The SMILES string of the molecule is C=CC(N)=NC(=C)C.CCC1=CCC(C)O1.CCCCCC(C)=O. The summed E-state index contributed by atoms with van der Waals surface area (Å²) in [7, 11) is 0. The molecule has 4 heteroatoms. The first-order valence-corrected chi connectivity index (χ1v) is 8.73. The number of nitrogens with two attached hydrogens (primary N) is 1. The summed E-state index contributed by atoms with van der Waals surface area (Å²) in [6.07, 6.45) is 10.5. The van der Waals surface area contributed by atoms with Gasteiger partial charge in [0.15, 0.2) is 0 Å². The molecule has 0 aromatic rings. The molecule has 1 heterocycles. The first-order valence-electron chi connectivity index (χ1n) is 8.73. The lowest BCUT2D eigenvalue weighted by Gasteiger charge is -2.04. The average molecular weight is 337 g/mol. The molecule has 1 unspecified atom stereocenters. The van der Waals surface area contributed by atoms with Gasteiger partial charge < -0.3 is 15.3 Å². The van der Waals surface area contributed by atoms with Crippen LogP contribution in [0.3, 0.4) is 0 Å². The van der Waals surface area contributed by atoms with Crippen LogP contribution in [-0.2, 0) is 9.53 Å². The summed E-state index contributed by atoms with van der Waals surface area (Å²) in [6, 6.07) is 0. The van der Waals surface area contributed by atoms with Crippen molar-refractivity contribution in [3.63, 3.8) is 0 Å². The highest BCUT2D eigenvalue weighted by Gasteiger charge is 2.09. The van der Waals surface area contributed by atoms with E-state index in [-0.39, 0.29) is 0 Å². The number of carbonyl (C=O) groups excluding carboxylic acids is 1. The highest BCUT2D eigenvalue weighted by molar-refractivity contribution is 5.91. The van der Waals surface area contributed by atoms with E-state index in [9.17, 15) is 4.79 Å². The van der Waals surface area contributed by atoms with Gasteiger partial charge in [-0.05, 0) is 39.3 Å². The fourth-order valence-corrected chi connectivity index (χ4v) is 1.77. The van der Waals surface area contributed by atoms with Gasteiger partial charge in [0, 0.05) is 25.0 Å². The van der Waals surface area contributed by atoms with E-state index in [0.717, 1.165) is 31.4 Å². The Morgan fingerprint density at radius 2 is 2.04 bits per heavy atom. The van der Waals surface area contributed by atoms with Crippen LogP contribution >= 0.6 is 0 Å². The van der Waals surface area contributed by atoms with Crippen LogP contribution in [0, 0.1) is 0 Å². The minimum Gasteiger partial charge on any atom is -0.495 e. The number of unbranched alkanes of at least 4 members (excludes halogenated alkanes) is 2. The third-order valence-corrected chi connectivity index (χ3v) is 3.04. The first kappa shape index (κ1) is 24.4. The zero-order valence-electron chi connectivity index (χ0n) is 16.2. The molecule has 1 aliphatic heterocycles. The number of allylic oxidation sites excluding steroid dienone is 2. The number of ketones is 1. The van der Waals surface area contributed by atoms with Crippen LogP contribution in [0.4, 0.5) is 0 Å². The molecule has 0 fully saturated rings. The molecule has 0 bridgehead atoms. The molecule has 0 aliphatic carbocycles. The van der Waals surface area contributed by atoms with Gasteiger partial charge >= 0.3 is 0 Å². The molecule has 2 N–H and O–H groups in total. The molecule has 24 heavy (non-hydrogen) atoms. The largest absolute Gasteiger partial charge is 0.495 e. The zero-order valence-corrected chi connectivity index (χ0v) is 16.2. The van der Waals surface area contributed by atoms with Gasteiger partial charge in [-0.2, -0.15) is 0 Å². The molecule has 0 amide bonds. The summed E-state index contributed by atoms with van der Waals surface area (Å²) in [5.41, 5.74) is 5.94. The number of ether oxygens (including phenoxy) is 1. The number of rotatable bonds is 7. The van der Waals surface area contributed by atoms with Crippen molar-refractivity contribution in [2.45, 2.75) is 79.2 Å². The van der Waals surface area contributed by atoms with Gasteiger partial charge in [-0.15, -0.1) is 0 Å². The van der Waals surface area contributed by atoms with Crippen molar-refractivity contribution in [3.05, 3.63) is 36.8 Å². The van der Waals surface area contributed by atoms with Gasteiger partial charge in [-0.3, -0.25) is 0 Å². The molecule has 0 saturated carbocycles. The quantitative estimate of drug-likeness (QED) is 0.389. The van der Waals surface area contributed by atoms with Crippen LogP contribution in [0.1, 0.15) is 73.1 Å². The molecule has 138 valence electrons. The molecular formula is C20H36N2O2. The standard InChI is InChI=1S/C7H12O.C7H14O.C6H10N2/c1-3-7-5-4-6(2)8-7;1-3-4-5-6-7(2)8;1-4-6(7)8-5(2)3/h5-6H,3-4H2,1-2H3;3-6H2,1-2H3;4H,1-2H2,3H3,(H2,7,8). The van der Waals surface area contributed by atoms with Crippen molar-refractivity contribution >= 4 is 11.6 Å². The Morgan fingerprint density at radius 3 is 2.29 bits per heavy atom. The van der Waals surface area contributed by atoms with Crippen molar-refractivity contribution < 1.29 is 9.53 Å². The maximum absolute atomic E-state index is 10.3. The Labute approximate surface area is 148 Å². The van der Waals surface area contributed by atoms with E-state index in [2.05, 4.69) is 45.0 Å². The second-order valence-corrected chi connectivity index (χ2v) is 5.82. The highest BCUT2D eigenvalue weighted by Crippen LogP contribution is 2.17. The molecule has 1 rings (SSSR count). The second kappa shape index (κ2) is 16.0. The fraction of sp³-hybridized carbons (Fsp3) is 0.600. The molecule has 4 nitrogen and oxygen atoms in total. The van der Waals surface area contributed by atoms with Gasteiger partial charge in [0.1, 0.15) is 11.6 Å². The number of hydrogen-bond donors (Lipinski definition) is 1. The first-order chi connectivity index (χ1) is 11.3. The van der Waals surface area contributed by atoms with E-state index >= 15 is 0 Å². The van der Waals surface area contributed by atoms with Gasteiger partial charge in [-0.25, -0.2) is 4.99 Å². The second-order valence-electron chi connectivity index (χ2n) is 5.82. The van der Waals surface area contributed by atoms with Crippen molar-refractivity contribution in [3.8, 4) is 0 Å². The van der Waals surface area contributed by atoms with Gasteiger partial charge in [0.25, 0.3) is 0 Å². The van der Waals surface area contributed by atoms with Crippen molar-refractivity contribution in [2.24, 2.45) is 10.7 Å². The Morgan fingerprint density at radius 1 is 1.42 bits per heavy atom. The van der Waals surface area contributed by atoms with Crippen LogP contribution in [0.25, 0.3) is 0 Å². The summed E-state index contributed by atoms with van der Waals surface area (Å²) in [6.45, 7) is 16.7. The van der Waals surface area contributed by atoms with E-state index < -0.39 is 0 Å². The lowest BCUT2D eigenvalue weighted by atomic mass is 10.2. The Kier molecular flexibility index (Phi) is 16.3. The smallest absolute Gasteiger partial charge is 0.129 e. The normalized spacial score (nSPS) is 15.8. The number of Topliss-reactive ketones (excluding diaryl/α,β-unsaturated/α-hetero) is 1. The van der Waals surface area contributed by atoms with Gasteiger partial charge in [0.2, 0.25) is 0 Å². The van der Waals surface area contributed by atoms with Crippen LogP contribution in [0.5, 0.6) is 0 Å². The number of aliphatic imine (C=N–C) groups is 1. The lowest BCUT2D eigenvalue weighted by Crippen LogP contribution is -2.06. The summed E-state index contributed by atoms with van der Waals surface area (Å²) >= 11 is 0. The molecule has 0 spiro atoms.